The van der Waals surface area contributed by atoms with Crippen LogP contribution in [0.4, 0.5) is 4.39 Å². The average Bonchev–Trinajstić information content (AvgIpc) is 2.46. The van der Waals surface area contributed by atoms with Crippen LogP contribution in [0.5, 0.6) is 0 Å². The smallest absolute Gasteiger partial charge is 0.129 e. The Morgan fingerprint density at radius 3 is 2.50 bits per heavy atom. The second-order valence-corrected chi connectivity index (χ2v) is 6.06. The molecule has 0 saturated carbocycles. The zero-order chi connectivity index (χ0) is 14.7. The number of benzene rings is 2. The minimum Gasteiger partial charge on any atom is -0.207 e. The standard InChI is InChI=1S/C17H17BrClF/c1-3-11-8-9-12(4-2)13(10-11)17(18)16-14(19)6-5-7-15(16)20/h5-10,17H,3-4H2,1-2H3. The summed E-state index contributed by atoms with van der Waals surface area (Å²) in [4.78, 5) is -0.224. The Morgan fingerprint density at radius 2 is 1.90 bits per heavy atom. The predicted molar refractivity (Wildman–Crippen MR) is 87.4 cm³/mol. The van der Waals surface area contributed by atoms with Gasteiger partial charge in [-0.2, -0.15) is 0 Å². The third kappa shape index (κ3) is 3.07. The summed E-state index contributed by atoms with van der Waals surface area (Å²) >= 11 is 9.80. The van der Waals surface area contributed by atoms with Crippen LogP contribution in [-0.2, 0) is 12.8 Å². The molecule has 0 N–H and O–H groups in total. The molecule has 0 aliphatic rings. The van der Waals surface area contributed by atoms with Gasteiger partial charge in [0.05, 0.1) is 4.83 Å². The molecule has 0 saturated heterocycles. The van der Waals surface area contributed by atoms with Gasteiger partial charge in [-0.1, -0.05) is 65.6 Å². The zero-order valence-electron chi connectivity index (χ0n) is 11.6. The molecular formula is C17H17BrClF. The Morgan fingerprint density at radius 1 is 1.15 bits per heavy atom. The summed E-state index contributed by atoms with van der Waals surface area (Å²) in [6.45, 7) is 4.22. The van der Waals surface area contributed by atoms with E-state index in [9.17, 15) is 4.39 Å². The number of aryl methyl sites for hydroxylation is 2. The fraction of sp³-hybridized carbons (Fsp3) is 0.294. The monoisotopic (exact) mass is 354 g/mol. The molecule has 0 heterocycles. The predicted octanol–water partition coefficient (Wildman–Crippen LogP) is 6.09. The molecule has 0 aliphatic heterocycles. The highest BCUT2D eigenvalue weighted by atomic mass is 79.9. The van der Waals surface area contributed by atoms with Crippen molar-refractivity contribution in [2.24, 2.45) is 0 Å². The summed E-state index contributed by atoms with van der Waals surface area (Å²) < 4.78 is 14.1. The van der Waals surface area contributed by atoms with Crippen molar-refractivity contribution in [3.63, 3.8) is 0 Å². The van der Waals surface area contributed by atoms with Crippen molar-refractivity contribution in [2.75, 3.05) is 0 Å². The molecule has 2 rings (SSSR count). The lowest BCUT2D eigenvalue weighted by Crippen LogP contribution is -2.02. The molecule has 0 aliphatic carbocycles. The van der Waals surface area contributed by atoms with E-state index in [0.29, 0.717) is 10.6 Å². The molecule has 0 aromatic heterocycles. The van der Waals surface area contributed by atoms with Gasteiger partial charge in [0, 0.05) is 10.6 Å². The van der Waals surface area contributed by atoms with Crippen LogP contribution in [0.15, 0.2) is 36.4 Å². The second-order valence-electron chi connectivity index (χ2n) is 4.74. The van der Waals surface area contributed by atoms with Crippen LogP contribution < -0.4 is 0 Å². The Labute approximate surface area is 133 Å². The van der Waals surface area contributed by atoms with Crippen LogP contribution in [-0.4, -0.2) is 0 Å². The van der Waals surface area contributed by atoms with Gasteiger partial charge in [0.15, 0.2) is 0 Å². The average molecular weight is 356 g/mol. The molecule has 0 amide bonds. The van der Waals surface area contributed by atoms with E-state index < -0.39 is 0 Å². The van der Waals surface area contributed by atoms with Gasteiger partial charge in [-0.05, 0) is 41.7 Å². The maximum Gasteiger partial charge on any atom is 0.129 e. The SMILES string of the molecule is CCc1ccc(CC)c(C(Br)c2c(F)cccc2Cl)c1. The van der Waals surface area contributed by atoms with Gasteiger partial charge in [0.2, 0.25) is 0 Å². The van der Waals surface area contributed by atoms with Gasteiger partial charge in [-0.3, -0.25) is 0 Å². The van der Waals surface area contributed by atoms with E-state index in [1.807, 2.05) is 0 Å². The van der Waals surface area contributed by atoms with Crippen LogP contribution in [0.2, 0.25) is 5.02 Å². The summed E-state index contributed by atoms with van der Waals surface area (Å²) in [6.07, 6.45) is 1.87. The van der Waals surface area contributed by atoms with Gasteiger partial charge in [-0.15, -0.1) is 0 Å². The van der Waals surface area contributed by atoms with Crippen molar-refractivity contribution in [3.05, 3.63) is 69.5 Å². The van der Waals surface area contributed by atoms with Crippen molar-refractivity contribution in [1.82, 2.24) is 0 Å². The minimum atomic E-state index is -0.275. The highest BCUT2D eigenvalue weighted by molar-refractivity contribution is 9.09. The Bertz CT molecular complexity index is 590. The normalized spacial score (nSPS) is 12.4. The highest BCUT2D eigenvalue weighted by Crippen LogP contribution is 2.38. The molecule has 0 bridgehead atoms. The van der Waals surface area contributed by atoms with Crippen molar-refractivity contribution >= 4 is 27.5 Å². The summed E-state index contributed by atoms with van der Waals surface area (Å²) in [5, 5.41) is 0.454. The Balaban J connectivity index is 2.55. The van der Waals surface area contributed by atoms with Gasteiger partial charge in [0.1, 0.15) is 5.82 Å². The molecule has 2 aromatic carbocycles. The van der Waals surface area contributed by atoms with Gasteiger partial charge in [-0.25, -0.2) is 4.39 Å². The third-order valence-corrected chi connectivity index (χ3v) is 4.81. The molecule has 0 nitrogen and oxygen atoms in total. The van der Waals surface area contributed by atoms with E-state index in [4.69, 9.17) is 11.6 Å². The largest absolute Gasteiger partial charge is 0.207 e. The van der Waals surface area contributed by atoms with E-state index in [-0.39, 0.29) is 10.6 Å². The zero-order valence-corrected chi connectivity index (χ0v) is 13.9. The maximum absolute atomic E-state index is 14.1. The van der Waals surface area contributed by atoms with Crippen LogP contribution in [0.25, 0.3) is 0 Å². The van der Waals surface area contributed by atoms with Crippen molar-refractivity contribution < 1.29 is 4.39 Å². The first-order valence-electron chi connectivity index (χ1n) is 6.78. The lowest BCUT2D eigenvalue weighted by molar-refractivity contribution is 0.613. The third-order valence-electron chi connectivity index (χ3n) is 3.53. The molecule has 1 atom stereocenters. The maximum atomic E-state index is 14.1. The van der Waals surface area contributed by atoms with Crippen LogP contribution in [0.3, 0.4) is 0 Å². The van der Waals surface area contributed by atoms with Crippen LogP contribution in [0.1, 0.15) is 40.9 Å². The molecule has 2 aromatic rings. The topological polar surface area (TPSA) is 0 Å². The Kier molecular flexibility index (Phi) is 5.22. The Hall–Kier alpha value is -0.860. The number of halogens is 3. The quantitative estimate of drug-likeness (QED) is 0.582. The fourth-order valence-corrected chi connectivity index (χ4v) is 3.63. The summed E-state index contributed by atoms with van der Waals surface area (Å²) in [5.41, 5.74) is 4.06. The number of hydrogen-bond acceptors (Lipinski definition) is 0. The molecular weight excluding hydrogens is 339 g/mol. The highest BCUT2D eigenvalue weighted by Gasteiger charge is 2.20. The van der Waals surface area contributed by atoms with E-state index in [2.05, 4.69) is 48.0 Å². The minimum absolute atomic E-state index is 0.224. The lowest BCUT2D eigenvalue weighted by Gasteiger charge is -2.18. The van der Waals surface area contributed by atoms with Gasteiger partial charge in [0.25, 0.3) is 0 Å². The van der Waals surface area contributed by atoms with Gasteiger partial charge < -0.3 is 0 Å². The molecule has 0 fully saturated rings. The van der Waals surface area contributed by atoms with Crippen LogP contribution >= 0.6 is 27.5 Å². The second kappa shape index (κ2) is 6.73. The first-order chi connectivity index (χ1) is 9.58. The number of rotatable bonds is 4. The van der Waals surface area contributed by atoms with Gasteiger partial charge >= 0.3 is 0 Å². The fourth-order valence-electron chi connectivity index (χ4n) is 2.33. The van der Waals surface area contributed by atoms with E-state index in [0.717, 1.165) is 18.4 Å². The first-order valence-corrected chi connectivity index (χ1v) is 8.07. The lowest BCUT2D eigenvalue weighted by atomic mass is 9.95. The van der Waals surface area contributed by atoms with Crippen molar-refractivity contribution in [3.8, 4) is 0 Å². The van der Waals surface area contributed by atoms with Crippen LogP contribution in [0, 0.1) is 5.82 Å². The summed E-state index contributed by atoms with van der Waals surface area (Å²) in [5.74, 6) is -0.275. The summed E-state index contributed by atoms with van der Waals surface area (Å²) in [7, 11) is 0. The van der Waals surface area contributed by atoms with E-state index in [1.54, 1.807) is 12.1 Å². The first kappa shape index (κ1) is 15.5. The number of hydrogen-bond donors (Lipinski definition) is 0. The molecule has 106 valence electrons. The molecule has 20 heavy (non-hydrogen) atoms. The molecule has 1 unspecified atom stereocenters. The molecule has 0 radical (unpaired) electrons. The van der Waals surface area contributed by atoms with E-state index >= 15 is 0 Å². The molecule has 0 spiro atoms. The molecule has 3 heteroatoms. The number of alkyl halides is 1. The van der Waals surface area contributed by atoms with Crippen molar-refractivity contribution in [1.29, 1.82) is 0 Å². The van der Waals surface area contributed by atoms with Crippen molar-refractivity contribution in [2.45, 2.75) is 31.5 Å². The summed E-state index contributed by atoms with van der Waals surface area (Å²) in [6, 6.07) is 11.2. The van der Waals surface area contributed by atoms with E-state index in [1.165, 1.54) is 17.2 Å².